The van der Waals surface area contributed by atoms with Crippen molar-refractivity contribution in [2.75, 3.05) is 19.5 Å². The highest BCUT2D eigenvalue weighted by atomic mass is 16.5. The predicted octanol–water partition coefficient (Wildman–Crippen LogP) is 2.02. The average molecular weight is 259 g/mol. The van der Waals surface area contributed by atoms with Crippen LogP contribution in [-0.4, -0.2) is 30.2 Å². The lowest BCUT2D eigenvalue weighted by Gasteiger charge is -2.09. The van der Waals surface area contributed by atoms with Crippen LogP contribution in [0.1, 0.15) is 10.5 Å². The average Bonchev–Trinajstić information content (AvgIpc) is 2.48. The number of para-hydroxylation sites is 2. The molecule has 0 spiro atoms. The Morgan fingerprint density at radius 2 is 1.95 bits per heavy atom. The second-order valence-corrected chi connectivity index (χ2v) is 3.60. The highest BCUT2D eigenvalue weighted by Gasteiger charge is 2.08. The van der Waals surface area contributed by atoms with E-state index in [1.54, 1.807) is 7.11 Å². The summed E-state index contributed by atoms with van der Waals surface area (Å²) in [6.07, 6.45) is 2.81. The standard InChI is InChI=1S/C13H13N3O3/c1-18-11-6-4-3-5-9(11)16-12-8-14-10(7-15-12)13(17)19-2/h3-8H,1-2H3,(H,15,16). The van der Waals surface area contributed by atoms with Gasteiger partial charge >= 0.3 is 5.97 Å². The van der Waals surface area contributed by atoms with Crippen LogP contribution in [0.4, 0.5) is 11.5 Å². The summed E-state index contributed by atoms with van der Waals surface area (Å²) in [4.78, 5) is 19.3. The topological polar surface area (TPSA) is 73.3 Å². The van der Waals surface area contributed by atoms with Crippen molar-refractivity contribution in [3.05, 3.63) is 42.4 Å². The highest BCUT2D eigenvalue weighted by Crippen LogP contribution is 2.25. The number of anilines is 2. The number of aromatic nitrogens is 2. The third-order valence-corrected chi connectivity index (χ3v) is 2.42. The van der Waals surface area contributed by atoms with Crippen LogP contribution in [-0.2, 0) is 4.74 Å². The second-order valence-electron chi connectivity index (χ2n) is 3.60. The quantitative estimate of drug-likeness (QED) is 0.847. The number of esters is 1. The summed E-state index contributed by atoms with van der Waals surface area (Å²) in [7, 11) is 2.89. The SMILES string of the molecule is COC(=O)c1cnc(Nc2ccccc2OC)cn1. The molecule has 0 radical (unpaired) electrons. The van der Waals surface area contributed by atoms with E-state index in [1.165, 1.54) is 19.5 Å². The number of methoxy groups -OCH3 is 2. The van der Waals surface area contributed by atoms with Gasteiger partial charge in [0.05, 0.1) is 32.3 Å². The van der Waals surface area contributed by atoms with Gasteiger partial charge in [-0.1, -0.05) is 12.1 Å². The monoisotopic (exact) mass is 259 g/mol. The Balaban J connectivity index is 2.17. The van der Waals surface area contributed by atoms with Gasteiger partial charge in [0, 0.05) is 0 Å². The molecule has 0 saturated heterocycles. The largest absolute Gasteiger partial charge is 0.495 e. The van der Waals surface area contributed by atoms with Gasteiger partial charge < -0.3 is 14.8 Å². The lowest BCUT2D eigenvalue weighted by atomic mass is 10.3. The first kappa shape index (κ1) is 12.8. The van der Waals surface area contributed by atoms with Crippen LogP contribution in [0.25, 0.3) is 0 Å². The fourth-order valence-corrected chi connectivity index (χ4v) is 1.49. The summed E-state index contributed by atoms with van der Waals surface area (Å²) in [6.45, 7) is 0. The molecule has 6 heteroatoms. The molecule has 2 aromatic rings. The summed E-state index contributed by atoms with van der Waals surface area (Å²) in [5.74, 6) is 0.690. The molecule has 0 fully saturated rings. The molecule has 0 unspecified atom stereocenters. The summed E-state index contributed by atoms with van der Waals surface area (Å²) in [5.41, 5.74) is 0.929. The van der Waals surface area contributed by atoms with E-state index in [0.29, 0.717) is 11.6 Å². The fraction of sp³-hybridized carbons (Fsp3) is 0.154. The Morgan fingerprint density at radius 3 is 2.58 bits per heavy atom. The third-order valence-electron chi connectivity index (χ3n) is 2.42. The van der Waals surface area contributed by atoms with Crippen molar-refractivity contribution >= 4 is 17.5 Å². The predicted molar refractivity (Wildman–Crippen MR) is 69.6 cm³/mol. The Hall–Kier alpha value is -2.63. The fourth-order valence-electron chi connectivity index (χ4n) is 1.49. The third kappa shape index (κ3) is 2.98. The van der Waals surface area contributed by atoms with Gasteiger partial charge in [0.2, 0.25) is 0 Å². The zero-order chi connectivity index (χ0) is 13.7. The van der Waals surface area contributed by atoms with Crippen LogP contribution in [0.2, 0.25) is 0 Å². The van der Waals surface area contributed by atoms with Crippen molar-refractivity contribution in [3.63, 3.8) is 0 Å². The minimum Gasteiger partial charge on any atom is -0.495 e. The van der Waals surface area contributed by atoms with E-state index in [0.717, 1.165) is 5.69 Å². The van der Waals surface area contributed by atoms with Crippen LogP contribution in [0.5, 0.6) is 5.75 Å². The minimum absolute atomic E-state index is 0.160. The molecular weight excluding hydrogens is 246 g/mol. The first-order valence-corrected chi connectivity index (χ1v) is 5.55. The number of hydrogen-bond donors (Lipinski definition) is 1. The molecule has 0 aliphatic rings. The van der Waals surface area contributed by atoms with Gasteiger partial charge in [-0.25, -0.2) is 14.8 Å². The molecule has 0 saturated carbocycles. The number of nitrogens with zero attached hydrogens (tertiary/aromatic N) is 2. The summed E-state index contributed by atoms with van der Waals surface area (Å²) >= 11 is 0. The molecule has 0 atom stereocenters. The number of carbonyl (C=O) groups excluding carboxylic acids is 1. The molecule has 0 aliphatic heterocycles. The van der Waals surface area contributed by atoms with Crippen LogP contribution >= 0.6 is 0 Å². The Bertz CT molecular complexity index is 570. The van der Waals surface area contributed by atoms with Gasteiger partial charge in [0.15, 0.2) is 5.69 Å². The van der Waals surface area contributed by atoms with Gasteiger partial charge in [-0.05, 0) is 12.1 Å². The smallest absolute Gasteiger partial charge is 0.358 e. The van der Waals surface area contributed by atoms with E-state index < -0.39 is 5.97 Å². The molecule has 1 N–H and O–H groups in total. The molecule has 19 heavy (non-hydrogen) atoms. The summed E-state index contributed by atoms with van der Waals surface area (Å²) in [6, 6.07) is 7.43. The van der Waals surface area contributed by atoms with Gasteiger partial charge in [-0.15, -0.1) is 0 Å². The van der Waals surface area contributed by atoms with E-state index in [-0.39, 0.29) is 5.69 Å². The van der Waals surface area contributed by atoms with Crippen LogP contribution in [0, 0.1) is 0 Å². The molecular formula is C13H13N3O3. The van der Waals surface area contributed by atoms with E-state index in [2.05, 4.69) is 20.0 Å². The maximum absolute atomic E-state index is 11.2. The van der Waals surface area contributed by atoms with Crippen molar-refractivity contribution in [1.82, 2.24) is 9.97 Å². The van der Waals surface area contributed by atoms with Gasteiger partial charge in [-0.3, -0.25) is 0 Å². The Morgan fingerprint density at radius 1 is 1.16 bits per heavy atom. The second kappa shape index (κ2) is 5.81. The number of nitrogens with one attached hydrogen (secondary N) is 1. The minimum atomic E-state index is -0.517. The molecule has 98 valence electrons. The van der Waals surface area contributed by atoms with Crippen LogP contribution < -0.4 is 10.1 Å². The summed E-state index contributed by atoms with van der Waals surface area (Å²) in [5, 5.41) is 3.06. The van der Waals surface area contributed by atoms with Crippen molar-refractivity contribution in [3.8, 4) is 5.75 Å². The molecule has 1 aromatic carbocycles. The first-order chi connectivity index (χ1) is 9.24. The van der Waals surface area contributed by atoms with E-state index >= 15 is 0 Å². The molecule has 0 aliphatic carbocycles. The number of benzene rings is 1. The number of ether oxygens (including phenoxy) is 2. The highest BCUT2D eigenvalue weighted by molar-refractivity contribution is 5.86. The van der Waals surface area contributed by atoms with Crippen LogP contribution in [0.3, 0.4) is 0 Å². The number of hydrogen-bond acceptors (Lipinski definition) is 6. The first-order valence-electron chi connectivity index (χ1n) is 5.55. The number of rotatable bonds is 4. The van der Waals surface area contributed by atoms with E-state index in [4.69, 9.17) is 4.74 Å². The number of carbonyl (C=O) groups is 1. The molecule has 0 amide bonds. The maximum atomic E-state index is 11.2. The normalized spacial score (nSPS) is 9.79. The Labute approximate surface area is 110 Å². The van der Waals surface area contributed by atoms with Gasteiger partial charge in [0.1, 0.15) is 11.6 Å². The molecule has 2 rings (SSSR count). The molecule has 1 heterocycles. The van der Waals surface area contributed by atoms with Crippen molar-refractivity contribution in [2.45, 2.75) is 0 Å². The zero-order valence-electron chi connectivity index (χ0n) is 10.6. The molecule has 0 bridgehead atoms. The Kier molecular flexibility index (Phi) is 3.92. The van der Waals surface area contributed by atoms with Gasteiger partial charge in [0.25, 0.3) is 0 Å². The van der Waals surface area contributed by atoms with Gasteiger partial charge in [-0.2, -0.15) is 0 Å². The van der Waals surface area contributed by atoms with Crippen molar-refractivity contribution in [2.24, 2.45) is 0 Å². The van der Waals surface area contributed by atoms with E-state index in [9.17, 15) is 4.79 Å². The lowest BCUT2D eigenvalue weighted by molar-refractivity contribution is 0.0593. The van der Waals surface area contributed by atoms with Crippen LogP contribution in [0.15, 0.2) is 36.7 Å². The maximum Gasteiger partial charge on any atom is 0.358 e. The van der Waals surface area contributed by atoms with Crippen molar-refractivity contribution < 1.29 is 14.3 Å². The molecule has 1 aromatic heterocycles. The van der Waals surface area contributed by atoms with Crippen molar-refractivity contribution in [1.29, 1.82) is 0 Å². The summed E-state index contributed by atoms with van der Waals surface area (Å²) < 4.78 is 9.76. The van der Waals surface area contributed by atoms with E-state index in [1.807, 2.05) is 24.3 Å². The lowest BCUT2D eigenvalue weighted by Crippen LogP contribution is -2.06. The molecule has 6 nitrogen and oxygen atoms in total. The zero-order valence-corrected chi connectivity index (χ0v) is 10.6.